The van der Waals surface area contributed by atoms with E-state index < -0.39 is 0 Å². The Bertz CT molecular complexity index is 503. The molecular formula is C17H24N2O2. The third-order valence-corrected chi connectivity index (χ3v) is 4.78. The van der Waals surface area contributed by atoms with Crippen molar-refractivity contribution >= 4 is 5.91 Å². The van der Waals surface area contributed by atoms with Crippen molar-refractivity contribution in [3.05, 3.63) is 29.8 Å². The number of piperidine rings is 2. The van der Waals surface area contributed by atoms with Gasteiger partial charge >= 0.3 is 0 Å². The maximum Gasteiger partial charge on any atom is 0.227 e. The molecule has 0 aliphatic carbocycles. The molecule has 2 heterocycles. The van der Waals surface area contributed by atoms with E-state index in [4.69, 9.17) is 4.74 Å². The van der Waals surface area contributed by atoms with Crippen molar-refractivity contribution in [3.8, 4) is 5.75 Å². The van der Waals surface area contributed by atoms with Crippen LogP contribution in [0.25, 0.3) is 0 Å². The highest BCUT2D eigenvalue weighted by Gasteiger charge is 2.32. The molecule has 2 atom stereocenters. The summed E-state index contributed by atoms with van der Waals surface area (Å²) in [6.07, 6.45) is 4.00. The molecule has 1 amide bonds. The fourth-order valence-corrected chi connectivity index (χ4v) is 3.60. The van der Waals surface area contributed by atoms with Crippen LogP contribution >= 0.6 is 0 Å². The molecule has 2 fully saturated rings. The van der Waals surface area contributed by atoms with E-state index in [-0.39, 0.29) is 5.91 Å². The summed E-state index contributed by atoms with van der Waals surface area (Å²) in [7, 11) is 1.66. The SMILES string of the molecule is COc1ccccc1CC(=O)N1CC[C@@H]2NCCC[C@H]2C1. The van der Waals surface area contributed by atoms with Crippen LogP contribution in [-0.2, 0) is 11.2 Å². The van der Waals surface area contributed by atoms with E-state index in [1.54, 1.807) is 7.11 Å². The van der Waals surface area contributed by atoms with E-state index in [9.17, 15) is 4.79 Å². The molecule has 4 nitrogen and oxygen atoms in total. The predicted octanol–water partition coefficient (Wildman–Crippen LogP) is 1.84. The molecule has 1 N–H and O–H groups in total. The van der Waals surface area contributed by atoms with E-state index in [1.807, 2.05) is 29.2 Å². The summed E-state index contributed by atoms with van der Waals surface area (Å²) in [5, 5.41) is 3.59. The predicted molar refractivity (Wildman–Crippen MR) is 82.4 cm³/mol. The standard InChI is InChI=1S/C17H24N2O2/c1-21-16-7-3-2-5-13(16)11-17(20)19-10-8-15-14(12-19)6-4-9-18-15/h2-3,5,7,14-15,18H,4,6,8-12H2,1H3/t14-,15-/m0/s1. The largest absolute Gasteiger partial charge is 0.496 e. The van der Waals surface area contributed by atoms with Crippen LogP contribution in [-0.4, -0.2) is 43.6 Å². The number of hydrogen-bond donors (Lipinski definition) is 1. The van der Waals surface area contributed by atoms with Crippen molar-refractivity contribution in [3.63, 3.8) is 0 Å². The van der Waals surface area contributed by atoms with Gasteiger partial charge in [-0.05, 0) is 37.8 Å². The van der Waals surface area contributed by atoms with Gasteiger partial charge in [0.25, 0.3) is 0 Å². The minimum atomic E-state index is 0.225. The lowest BCUT2D eigenvalue weighted by Crippen LogP contribution is -2.53. The Balaban J connectivity index is 1.63. The number of likely N-dealkylation sites (tertiary alicyclic amines) is 1. The summed E-state index contributed by atoms with van der Waals surface area (Å²) in [4.78, 5) is 14.6. The zero-order valence-electron chi connectivity index (χ0n) is 12.7. The first-order chi connectivity index (χ1) is 10.3. The smallest absolute Gasteiger partial charge is 0.227 e. The first-order valence-corrected chi connectivity index (χ1v) is 7.91. The van der Waals surface area contributed by atoms with Crippen LogP contribution < -0.4 is 10.1 Å². The average Bonchev–Trinajstić information content (AvgIpc) is 2.55. The highest BCUT2D eigenvalue weighted by atomic mass is 16.5. The summed E-state index contributed by atoms with van der Waals surface area (Å²) < 4.78 is 5.34. The highest BCUT2D eigenvalue weighted by Crippen LogP contribution is 2.26. The van der Waals surface area contributed by atoms with Crippen molar-refractivity contribution < 1.29 is 9.53 Å². The van der Waals surface area contributed by atoms with E-state index in [2.05, 4.69) is 5.32 Å². The maximum absolute atomic E-state index is 12.6. The zero-order chi connectivity index (χ0) is 14.7. The zero-order valence-corrected chi connectivity index (χ0v) is 12.7. The van der Waals surface area contributed by atoms with Crippen LogP contribution in [0.1, 0.15) is 24.8 Å². The number of ether oxygens (including phenoxy) is 1. The van der Waals surface area contributed by atoms with E-state index in [0.29, 0.717) is 18.4 Å². The van der Waals surface area contributed by atoms with Gasteiger partial charge in [0, 0.05) is 24.7 Å². The monoisotopic (exact) mass is 288 g/mol. The first-order valence-electron chi connectivity index (χ1n) is 7.91. The second kappa shape index (κ2) is 6.48. The van der Waals surface area contributed by atoms with Crippen molar-refractivity contribution in [2.75, 3.05) is 26.7 Å². The van der Waals surface area contributed by atoms with Crippen molar-refractivity contribution in [2.24, 2.45) is 5.92 Å². The second-order valence-corrected chi connectivity index (χ2v) is 6.08. The van der Waals surface area contributed by atoms with Gasteiger partial charge in [0.1, 0.15) is 5.75 Å². The van der Waals surface area contributed by atoms with Crippen molar-refractivity contribution in [1.29, 1.82) is 0 Å². The minimum absolute atomic E-state index is 0.225. The molecule has 21 heavy (non-hydrogen) atoms. The van der Waals surface area contributed by atoms with Crippen LogP contribution in [0.2, 0.25) is 0 Å². The lowest BCUT2D eigenvalue weighted by Gasteiger charge is -2.41. The van der Waals surface area contributed by atoms with Gasteiger partial charge in [0.2, 0.25) is 5.91 Å². The summed E-state index contributed by atoms with van der Waals surface area (Å²) >= 11 is 0. The Morgan fingerprint density at radius 2 is 2.24 bits per heavy atom. The van der Waals surface area contributed by atoms with Crippen molar-refractivity contribution in [1.82, 2.24) is 10.2 Å². The lowest BCUT2D eigenvalue weighted by molar-refractivity contribution is -0.133. The van der Waals surface area contributed by atoms with Crippen LogP contribution in [0.5, 0.6) is 5.75 Å². The molecule has 2 aliphatic heterocycles. The molecule has 2 aliphatic rings. The number of hydrogen-bond acceptors (Lipinski definition) is 3. The summed E-state index contributed by atoms with van der Waals surface area (Å²) in [5.74, 6) is 1.66. The topological polar surface area (TPSA) is 41.6 Å². The van der Waals surface area contributed by atoms with Crippen LogP contribution in [0.4, 0.5) is 0 Å². The Morgan fingerprint density at radius 1 is 1.38 bits per heavy atom. The van der Waals surface area contributed by atoms with Crippen LogP contribution in [0, 0.1) is 5.92 Å². The quantitative estimate of drug-likeness (QED) is 0.923. The molecule has 0 unspecified atom stereocenters. The van der Waals surface area contributed by atoms with Gasteiger partial charge in [-0.1, -0.05) is 18.2 Å². The molecule has 0 bridgehead atoms. The van der Waals surface area contributed by atoms with Gasteiger partial charge in [-0.15, -0.1) is 0 Å². The fraction of sp³-hybridized carbons (Fsp3) is 0.588. The van der Waals surface area contributed by atoms with Gasteiger partial charge in [0.05, 0.1) is 13.5 Å². The summed E-state index contributed by atoms with van der Waals surface area (Å²) in [5.41, 5.74) is 0.980. The fourth-order valence-electron chi connectivity index (χ4n) is 3.60. The number of nitrogens with one attached hydrogen (secondary N) is 1. The Morgan fingerprint density at radius 3 is 3.10 bits per heavy atom. The molecule has 4 heteroatoms. The number of methoxy groups -OCH3 is 1. The van der Waals surface area contributed by atoms with Gasteiger partial charge in [0.15, 0.2) is 0 Å². The number of rotatable bonds is 3. The summed E-state index contributed by atoms with van der Waals surface area (Å²) in [6.45, 7) is 2.92. The molecule has 2 saturated heterocycles. The number of fused-ring (bicyclic) bond motifs is 1. The molecule has 0 spiro atoms. The number of carbonyl (C=O) groups is 1. The van der Waals surface area contributed by atoms with Gasteiger partial charge < -0.3 is 15.0 Å². The number of benzene rings is 1. The molecule has 0 aromatic heterocycles. The van der Waals surface area contributed by atoms with Crippen LogP contribution in [0.3, 0.4) is 0 Å². The second-order valence-electron chi connectivity index (χ2n) is 6.08. The average molecular weight is 288 g/mol. The molecule has 1 aromatic rings. The molecule has 1 aromatic carbocycles. The number of carbonyl (C=O) groups excluding carboxylic acids is 1. The summed E-state index contributed by atoms with van der Waals surface area (Å²) in [6, 6.07) is 8.41. The Kier molecular flexibility index (Phi) is 4.44. The van der Waals surface area contributed by atoms with Crippen molar-refractivity contribution in [2.45, 2.75) is 31.7 Å². The highest BCUT2D eigenvalue weighted by molar-refractivity contribution is 5.79. The Hall–Kier alpha value is -1.55. The van der Waals surface area contributed by atoms with Gasteiger partial charge in [-0.3, -0.25) is 4.79 Å². The van der Waals surface area contributed by atoms with Gasteiger partial charge in [-0.25, -0.2) is 0 Å². The molecular weight excluding hydrogens is 264 g/mol. The minimum Gasteiger partial charge on any atom is -0.496 e. The third-order valence-electron chi connectivity index (χ3n) is 4.78. The maximum atomic E-state index is 12.6. The van der Waals surface area contributed by atoms with Gasteiger partial charge in [-0.2, -0.15) is 0 Å². The number of amides is 1. The van der Waals surface area contributed by atoms with Crippen LogP contribution in [0.15, 0.2) is 24.3 Å². The van der Waals surface area contributed by atoms with E-state index in [0.717, 1.165) is 37.4 Å². The first kappa shape index (κ1) is 14.4. The molecule has 0 radical (unpaired) electrons. The normalized spacial score (nSPS) is 25.3. The lowest BCUT2D eigenvalue weighted by atomic mass is 9.85. The van der Waals surface area contributed by atoms with E-state index >= 15 is 0 Å². The molecule has 0 saturated carbocycles. The third kappa shape index (κ3) is 3.21. The number of para-hydroxylation sites is 1. The molecule has 114 valence electrons. The molecule has 3 rings (SSSR count). The number of nitrogens with zero attached hydrogens (tertiary/aromatic N) is 1. The Labute approximate surface area is 126 Å². The van der Waals surface area contributed by atoms with E-state index in [1.165, 1.54) is 12.8 Å².